The topological polar surface area (TPSA) is 42.0 Å². The van der Waals surface area contributed by atoms with Crippen LogP contribution in [0.5, 0.6) is 0 Å². The molecule has 98 valence electrons. The molecule has 1 amide bonds. The van der Waals surface area contributed by atoms with E-state index in [1.165, 1.54) is 0 Å². The van der Waals surface area contributed by atoms with Crippen LogP contribution >= 0.6 is 31.9 Å². The van der Waals surface area contributed by atoms with E-state index >= 15 is 0 Å². The van der Waals surface area contributed by atoms with Crippen LogP contribution < -0.4 is 5.32 Å². The predicted molar refractivity (Wildman–Crippen MR) is 83.5 cm³/mol. The Kier molecular flexibility index (Phi) is 4.37. The minimum absolute atomic E-state index is 0.180. The fourth-order valence-electron chi connectivity index (χ4n) is 1.77. The average Bonchev–Trinajstić information content (AvgIpc) is 2.36. The van der Waals surface area contributed by atoms with Crippen molar-refractivity contribution >= 4 is 43.5 Å². The van der Waals surface area contributed by atoms with Gasteiger partial charge < -0.3 is 5.32 Å². The van der Waals surface area contributed by atoms with E-state index in [4.69, 9.17) is 0 Å². The Morgan fingerprint density at radius 2 is 1.84 bits per heavy atom. The summed E-state index contributed by atoms with van der Waals surface area (Å²) in [5, 5.41) is 2.88. The van der Waals surface area contributed by atoms with Crippen LogP contribution in [0.4, 0.5) is 5.69 Å². The molecule has 0 radical (unpaired) electrons. The summed E-state index contributed by atoms with van der Waals surface area (Å²) >= 11 is 6.78. The summed E-state index contributed by atoms with van der Waals surface area (Å²) in [6, 6.07) is 7.32. The number of hydrogen-bond acceptors (Lipinski definition) is 2. The van der Waals surface area contributed by atoms with Gasteiger partial charge in [-0.2, -0.15) is 0 Å². The van der Waals surface area contributed by atoms with E-state index in [1.54, 1.807) is 18.3 Å². The number of aryl methyl sites for hydroxylation is 2. The van der Waals surface area contributed by atoms with Gasteiger partial charge in [-0.05, 0) is 65.2 Å². The van der Waals surface area contributed by atoms with Crippen LogP contribution in [0.1, 0.15) is 21.5 Å². The van der Waals surface area contributed by atoms with E-state index in [2.05, 4.69) is 42.2 Å². The second-order valence-corrected chi connectivity index (χ2v) is 5.76. The van der Waals surface area contributed by atoms with Crippen molar-refractivity contribution < 1.29 is 4.79 Å². The van der Waals surface area contributed by atoms with Crippen molar-refractivity contribution in [2.24, 2.45) is 0 Å². The first-order valence-corrected chi connectivity index (χ1v) is 7.26. The Hall–Kier alpha value is -1.20. The molecule has 2 aromatic rings. The summed E-state index contributed by atoms with van der Waals surface area (Å²) in [7, 11) is 0. The predicted octanol–water partition coefficient (Wildman–Crippen LogP) is 4.48. The highest BCUT2D eigenvalue weighted by Crippen LogP contribution is 2.25. The third-order valence-corrected chi connectivity index (χ3v) is 4.58. The monoisotopic (exact) mass is 382 g/mol. The van der Waals surface area contributed by atoms with Crippen LogP contribution in [-0.4, -0.2) is 10.9 Å². The molecule has 0 atom stereocenters. The summed E-state index contributed by atoms with van der Waals surface area (Å²) in [4.78, 5) is 16.2. The summed E-state index contributed by atoms with van der Waals surface area (Å²) in [5.41, 5.74) is 3.46. The number of pyridine rings is 1. The molecule has 2 rings (SSSR count). The number of carbonyl (C=O) groups excluding carboxylic acids is 1. The third kappa shape index (κ3) is 3.22. The molecule has 3 nitrogen and oxygen atoms in total. The average molecular weight is 384 g/mol. The molecule has 5 heteroatoms. The van der Waals surface area contributed by atoms with Gasteiger partial charge in [0.2, 0.25) is 0 Å². The van der Waals surface area contributed by atoms with Crippen LogP contribution in [0.25, 0.3) is 0 Å². The van der Waals surface area contributed by atoms with Crippen LogP contribution in [0.2, 0.25) is 0 Å². The molecule has 1 aromatic heterocycles. The molecule has 0 aliphatic carbocycles. The number of carbonyl (C=O) groups is 1. The van der Waals surface area contributed by atoms with E-state index in [0.717, 1.165) is 21.3 Å². The summed E-state index contributed by atoms with van der Waals surface area (Å²) in [6.07, 6.45) is 1.63. The first kappa shape index (κ1) is 14.2. The van der Waals surface area contributed by atoms with Crippen molar-refractivity contribution in [1.29, 1.82) is 0 Å². The second-order valence-electron chi connectivity index (χ2n) is 4.22. The number of amides is 1. The Labute approximate surface area is 128 Å². The fourth-order valence-corrected chi connectivity index (χ4v) is 2.43. The molecule has 0 saturated carbocycles. The van der Waals surface area contributed by atoms with Gasteiger partial charge in [-0.3, -0.25) is 4.79 Å². The molecule has 0 fully saturated rings. The standard InChI is InChI=1S/C14H12Br2N2O/c1-8-6-10(7-9(2)12(8)15)18-14(19)11-4-3-5-17-13(11)16/h3-7H,1-2H3,(H,18,19). The summed E-state index contributed by atoms with van der Waals surface area (Å²) in [6.45, 7) is 3.99. The second kappa shape index (κ2) is 5.84. The molecule has 0 saturated heterocycles. The Balaban J connectivity index is 2.27. The van der Waals surface area contributed by atoms with Crippen molar-refractivity contribution in [3.8, 4) is 0 Å². The van der Waals surface area contributed by atoms with Gasteiger partial charge >= 0.3 is 0 Å². The van der Waals surface area contributed by atoms with Crippen LogP contribution in [0.3, 0.4) is 0 Å². The molecule has 0 unspecified atom stereocenters. The fraction of sp³-hybridized carbons (Fsp3) is 0.143. The lowest BCUT2D eigenvalue weighted by molar-refractivity contribution is 0.102. The Morgan fingerprint density at radius 3 is 2.42 bits per heavy atom. The van der Waals surface area contributed by atoms with E-state index < -0.39 is 0 Å². The zero-order valence-corrected chi connectivity index (χ0v) is 13.7. The molecule has 1 heterocycles. The highest BCUT2D eigenvalue weighted by Gasteiger charge is 2.11. The van der Waals surface area contributed by atoms with Gasteiger partial charge in [0.25, 0.3) is 5.91 Å². The summed E-state index contributed by atoms with van der Waals surface area (Å²) < 4.78 is 1.60. The van der Waals surface area contributed by atoms with Crippen molar-refractivity contribution in [1.82, 2.24) is 4.98 Å². The Morgan fingerprint density at radius 1 is 1.21 bits per heavy atom. The minimum atomic E-state index is -0.180. The van der Waals surface area contributed by atoms with Gasteiger partial charge in [-0.25, -0.2) is 4.98 Å². The minimum Gasteiger partial charge on any atom is -0.322 e. The largest absolute Gasteiger partial charge is 0.322 e. The van der Waals surface area contributed by atoms with Crippen LogP contribution in [-0.2, 0) is 0 Å². The van der Waals surface area contributed by atoms with Gasteiger partial charge in [0, 0.05) is 16.4 Å². The number of rotatable bonds is 2. The van der Waals surface area contributed by atoms with Crippen molar-refractivity contribution in [3.63, 3.8) is 0 Å². The number of aromatic nitrogens is 1. The number of nitrogens with zero attached hydrogens (tertiary/aromatic N) is 1. The smallest absolute Gasteiger partial charge is 0.258 e. The van der Waals surface area contributed by atoms with Crippen LogP contribution in [0.15, 0.2) is 39.5 Å². The van der Waals surface area contributed by atoms with Crippen molar-refractivity contribution in [2.75, 3.05) is 5.32 Å². The van der Waals surface area contributed by atoms with E-state index in [0.29, 0.717) is 10.2 Å². The Bertz CT molecular complexity index is 618. The van der Waals surface area contributed by atoms with E-state index in [1.807, 2.05) is 26.0 Å². The summed E-state index contributed by atoms with van der Waals surface area (Å²) in [5.74, 6) is -0.180. The molecule has 0 aliphatic heterocycles. The number of hydrogen-bond donors (Lipinski definition) is 1. The first-order valence-electron chi connectivity index (χ1n) is 5.67. The first-order chi connectivity index (χ1) is 8.99. The molecule has 0 bridgehead atoms. The molecule has 19 heavy (non-hydrogen) atoms. The van der Waals surface area contributed by atoms with Gasteiger partial charge in [0.1, 0.15) is 4.60 Å². The van der Waals surface area contributed by atoms with Gasteiger partial charge in [0.05, 0.1) is 5.56 Å². The molecule has 0 aliphatic rings. The number of nitrogens with one attached hydrogen (secondary N) is 1. The zero-order chi connectivity index (χ0) is 14.0. The van der Waals surface area contributed by atoms with Gasteiger partial charge in [-0.1, -0.05) is 15.9 Å². The zero-order valence-electron chi connectivity index (χ0n) is 10.5. The van der Waals surface area contributed by atoms with E-state index in [9.17, 15) is 4.79 Å². The molecule has 1 N–H and O–H groups in total. The van der Waals surface area contributed by atoms with Gasteiger partial charge in [0.15, 0.2) is 0 Å². The maximum atomic E-state index is 12.1. The quantitative estimate of drug-likeness (QED) is 0.777. The van der Waals surface area contributed by atoms with Gasteiger partial charge in [-0.15, -0.1) is 0 Å². The SMILES string of the molecule is Cc1cc(NC(=O)c2cccnc2Br)cc(C)c1Br. The van der Waals surface area contributed by atoms with Crippen LogP contribution in [0, 0.1) is 13.8 Å². The highest BCUT2D eigenvalue weighted by molar-refractivity contribution is 9.10. The third-order valence-electron chi connectivity index (χ3n) is 2.70. The number of halogens is 2. The van der Waals surface area contributed by atoms with E-state index in [-0.39, 0.29) is 5.91 Å². The highest BCUT2D eigenvalue weighted by atomic mass is 79.9. The molecular formula is C14H12Br2N2O. The lowest BCUT2D eigenvalue weighted by atomic mass is 10.1. The molecular weight excluding hydrogens is 372 g/mol. The maximum Gasteiger partial charge on any atom is 0.258 e. The van der Waals surface area contributed by atoms with Crippen molar-refractivity contribution in [3.05, 3.63) is 56.2 Å². The van der Waals surface area contributed by atoms with Crippen molar-refractivity contribution in [2.45, 2.75) is 13.8 Å². The molecule has 1 aromatic carbocycles. The number of anilines is 1. The maximum absolute atomic E-state index is 12.1. The number of benzene rings is 1. The lowest BCUT2D eigenvalue weighted by Crippen LogP contribution is -2.13. The lowest BCUT2D eigenvalue weighted by Gasteiger charge is -2.10. The molecule has 0 spiro atoms. The normalized spacial score (nSPS) is 10.3.